The molecule has 26 heavy (non-hydrogen) atoms. The van der Waals surface area contributed by atoms with Crippen LogP contribution in [0.2, 0.25) is 0 Å². The molecule has 0 aliphatic heterocycles. The fourth-order valence-corrected chi connectivity index (χ4v) is 2.49. The topological polar surface area (TPSA) is 54.7 Å². The van der Waals surface area contributed by atoms with Crippen LogP contribution >= 0.6 is 0 Å². The van der Waals surface area contributed by atoms with Crippen LogP contribution in [0.25, 0.3) is 10.9 Å². The summed E-state index contributed by atoms with van der Waals surface area (Å²) in [7, 11) is 5.92. The van der Waals surface area contributed by atoms with Crippen LogP contribution in [0.3, 0.4) is 0 Å². The number of carboxylic acids is 1. The number of hydrogen-bond donors (Lipinski definition) is 1. The Labute approximate surface area is 154 Å². The number of likely N-dealkylation sites (N-methyl/N-ethyl adjacent to an activating group) is 1. The van der Waals surface area contributed by atoms with Gasteiger partial charge in [0.05, 0.1) is 12.7 Å². The smallest absolute Gasteiger partial charge is 0.335 e. The number of hydrogen-bond acceptors (Lipinski definition) is 3. The van der Waals surface area contributed by atoms with Crippen molar-refractivity contribution < 1.29 is 14.6 Å². The first-order valence-corrected chi connectivity index (χ1v) is 8.50. The summed E-state index contributed by atoms with van der Waals surface area (Å²) in [6.07, 6.45) is 2.14. The monoisotopic (exact) mass is 354 g/mol. The zero-order chi connectivity index (χ0) is 19.1. The SMILES string of the molecule is COc1ccc2c(ccn2C[C@@H](C)N(C)C)c1.O=C(O)c1ccccc1. The van der Waals surface area contributed by atoms with Crippen LogP contribution in [0.4, 0.5) is 0 Å². The number of methoxy groups -OCH3 is 1. The molecular formula is C21H26N2O3. The first-order valence-electron chi connectivity index (χ1n) is 8.50. The Kier molecular flexibility index (Phi) is 6.81. The molecule has 0 amide bonds. The number of ether oxygens (including phenoxy) is 1. The first kappa shape index (κ1) is 19.5. The molecule has 0 aliphatic rings. The van der Waals surface area contributed by atoms with Crippen molar-refractivity contribution >= 4 is 16.9 Å². The Bertz CT molecular complexity index is 841. The van der Waals surface area contributed by atoms with Gasteiger partial charge in [0.15, 0.2) is 0 Å². The Hall–Kier alpha value is -2.79. The van der Waals surface area contributed by atoms with Gasteiger partial charge >= 0.3 is 5.97 Å². The quantitative estimate of drug-likeness (QED) is 0.753. The van der Waals surface area contributed by atoms with Gasteiger partial charge in [-0.3, -0.25) is 0 Å². The molecule has 1 heterocycles. The largest absolute Gasteiger partial charge is 0.497 e. The summed E-state index contributed by atoms with van der Waals surface area (Å²) < 4.78 is 7.52. The predicted octanol–water partition coefficient (Wildman–Crippen LogP) is 3.98. The van der Waals surface area contributed by atoms with Crippen molar-refractivity contribution in [2.45, 2.75) is 19.5 Å². The Morgan fingerprint density at radius 3 is 2.38 bits per heavy atom. The maximum absolute atomic E-state index is 10.2. The Balaban J connectivity index is 0.000000228. The Morgan fingerprint density at radius 1 is 1.15 bits per heavy atom. The van der Waals surface area contributed by atoms with Gasteiger partial charge in [-0.05, 0) is 57.4 Å². The molecule has 0 saturated heterocycles. The number of aromatic carboxylic acids is 1. The van der Waals surface area contributed by atoms with Crippen molar-refractivity contribution in [3.05, 3.63) is 66.4 Å². The van der Waals surface area contributed by atoms with Gasteiger partial charge in [0.2, 0.25) is 0 Å². The molecule has 0 spiro atoms. The minimum Gasteiger partial charge on any atom is -0.497 e. The average molecular weight is 354 g/mol. The second kappa shape index (κ2) is 9.06. The van der Waals surface area contributed by atoms with E-state index in [0.29, 0.717) is 11.6 Å². The first-order chi connectivity index (χ1) is 12.4. The molecule has 0 bridgehead atoms. The van der Waals surface area contributed by atoms with E-state index in [2.05, 4.69) is 54.9 Å². The van der Waals surface area contributed by atoms with Gasteiger partial charge in [-0.1, -0.05) is 18.2 Å². The van der Waals surface area contributed by atoms with E-state index in [-0.39, 0.29) is 0 Å². The van der Waals surface area contributed by atoms with Crippen molar-refractivity contribution in [2.75, 3.05) is 21.2 Å². The van der Waals surface area contributed by atoms with E-state index in [1.807, 2.05) is 6.07 Å². The summed E-state index contributed by atoms with van der Waals surface area (Å²) in [6, 6.07) is 17.2. The maximum Gasteiger partial charge on any atom is 0.335 e. The second-order valence-electron chi connectivity index (χ2n) is 6.38. The number of benzene rings is 2. The van der Waals surface area contributed by atoms with Gasteiger partial charge in [0.1, 0.15) is 5.75 Å². The summed E-state index contributed by atoms with van der Waals surface area (Å²) in [4.78, 5) is 12.4. The van der Waals surface area contributed by atoms with E-state index < -0.39 is 5.97 Å². The van der Waals surface area contributed by atoms with E-state index in [1.54, 1.807) is 37.4 Å². The summed E-state index contributed by atoms with van der Waals surface area (Å²) in [5.41, 5.74) is 1.59. The summed E-state index contributed by atoms with van der Waals surface area (Å²) >= 11 is 0. The summed E-state index contributed by atoms with van der Waals surface area (Å²) in [5.74, 6) is 0.0338. The van der Waals surface area contributed by atoms with Crippen molar-refractivity contribution in [3.63, 3.8) is 0 Å². The van der Waals surface area contributed by atoms with E-state index >= 15 is 0 Å². The highest BCUT2D eigenvalue weighted by atomic mass is 16.5. The van der Waals surface area contributed by atoms with Crippen LogP contribution in [0, 0.1) is 0 Å². The molecule has 0 aliphatic carbocycles. The maximum atomic E-state index is 10.2. The van der Waals surface area contributed by atoms with Crippen LogP contribution in [0.15, 0.2) is 60.8 Å². The minimum absolute atomic E-state index is 0.331. The number of carbonyl (C=O) groups is 1. The van der Waals surface area contributed by atoms with Crippen LogP contribution < -0.4 is 4.74 Å². The molecule has 0 saturated carbocycles. The molecule has 0 fully saturated rings. The molecule has 1 N–H and O–H groups in total. The van der Waals surface area contributed by atoms with Gasteiger partial charge in [-0.15, -0.1) is 0 Å². The molecule has 3 aromatic rings. The molecular weight excluding hydrogens is 328 g/mol. The lowest BCUT2D eigenvalue weighted by molar-refractivity contribution is 0.0697. The molecule has 3 rings (SSSR count). The van der Waals surface area contributed by atoms with Gasteiger partial charge in [-0.2, -0.15) is 0 Å². The van der Waals surface area contributed by atoms with Gasteiger partial charge < -0.3 is 19.3 Å². The highest BCUT2D eigenvalue weighted by Gasteiger charge is 2.08. The lowest BCUT2D eigenvalue weighted by Crippen LogP contribution is -2.28. The lowest BCUT2D eigenvalue weighted by atomic mass is 10.2. The minimum atomic E-state index is -0.879. The molecule has 2 aromatic carbocycles. The highest BCUT2D eigenvalue weighted by molar-refractivity contribution is 5.87. The van der Waals surface area contributed by atoms with Crippen molar-refractivity contribution in [2.24, 2.45) is 0 Å². The standard InChI is InChI=1S/C14H20N2O.C7H6O2/c1-11(15(2)3)10-16-8-7-12-9-13(17-4)5-6-14(12)16;8-7(9)6-4-2-1-3-5-6/h5-9,11H,10H2,1-4H3;1-5H,(H,8,9)/t11-;/m1./s1. The molecule has 138 valence electrons. The fraction of sp³-hybridized carbons (Fsp3) is 0.286. The fourth-order valence-electron chi connectivity index (χ4n) is 2.49. The van der Waals surface area contributed by atoms with Crippen molar-refractivity contribution in [1.82, 2.24) is 9.47 Å². The van der Waals surface area contributed by atoms with Crippen molar-refractivity contribution in [1.29, 1.82) is 0 Å². The van der Waals surface area contributed by atoms with Crippen LogP contribution in [0.5, 0.6) is 5.75 Å². The summed E-state index contributed by atoms with van der Waals surface area (Å²) in [6.45, 7) is 3.23. The third kappa shape index (κ3) is 5.10. The lowest BCUT2D eigenvalue weighted by Gasteiger charge is -2.20. The average Bonchev–Trinajstić information content (AvgIpc) is 3.04. The number of fused-ring (bicyclic) bond motifs is 1. The molecule has 5 heteroatoms. The zero-order valence-corrected chi connectivity index (χ0v) is 15.7. The molecule has 0 unspecified atom stereocenters. The normalized spacial score (nSPS) is 11.7. The molecule has 1 atom stereocenters. The van der Waals surface area contributed by atoms with Crippen LogP contribution in [-0.4, -0.2) is 47.8 Å². The second-order valence-corrected chi connectivity index (χ2v) is 6.38. The van der Waals surface area contributed by atoms with Crippen molar-refractivity contribution in [3.8, 4) is 5.75 Å². The number of nitrogens with zero attached hydrogens (tertiary/aromatic N) is 2. The van der Waals surface area contributed by atoms with Crippen LogP contribution in [-0.2, 0) is 6.54 Å². The molecule has 5 nitrogen and oxygen atoms in total. The number of aromatic nitrogens is 1. The number of rotatable bonds is 5. The van der Waals surface area contributed by atoms with E-state index in [0.717, 1.165) is 12.3 Å². The van der Waals surface area contributed by atoms with E-state index in [4.69, 9.17) is 9.84 Å². The predicted molar refractivity (Wildman–Crippen MR) is 105 cm³/mol. The zero-order valence-electron chi connectivity index (χ0n) is 15.7. The van der Waals surface area contributed by atoms with Gasteiger partial charge in [0.25, 0.3) is 0 Å². The van der Waals surface area contributed by atoms with E-state index in [9.17, 15) is 4.79 Å². The van der Waals surface area contributed by atoms with Crippen LogP contribution in [0.1, 0.15) is 17.3 Å². The number of carboxylic acid groups (broad SMARTS) is 1. The summed E-state index contributed by atoms with van der Waals surface area (Å²) in [5, 5.41) is 9.62. The molecule has 0 radical (unpaired) electrons. The van der Waals surface area contributed by atoms with Gasteiger partial charge in [-0.25, -0.2) is 4.79 Å². The van der Waals surface area contributed by atoms with E-state index in [1.165, 1.54) is 10.9 Å². The highest BCUT2D eigenvalue weighted by Crippen LogP contribution is 2.22. The Morgan fingerprint density at radius 2 is 1.85 bits per heavy atom. The third-order valence-corrected chi connectivity index (χ3v) is 4.34. The molecule has 1 aromatic heterocycles. The third-order valence-electron chi connectivity index (χ3n) is 4.34. The van der Waals surface area contributed by atoms with Gasteiger partial charge in [0, 0.05) is 29.7 Å².